The molecule has 1 aromatic rings. The van der Waals surface area contributed by atoms with Crippen molar-refractivity contribution < 1.29 is 0 Å². The lowest BCUT2D eigenvalue weighted by molar-refractivity contribution is 0.247. The summed E-state index contributed by atoms with van der Waals surface area (Å²) in [4.78, 5) is 6.80. The predicted molar refractivity (Wildman–Crippen MR) is 74.5 cm³/mol. The molecule has 102 valence electrons. The summed E-state index contributed by atoms with van der Waals surface area (Å²) in [6.45, 7) is 10.0. The second-order valence-corrected chi connectivity index (χ2v) is 5.20. The summed E-state index contributed by atoms with van der Waals surface area (Å²) in [5, 5.41) is 3.58. The number of aryl methyl sites for hydroxylation is 1. The normalized spacial score (nSPS) is 19.8. The van der Waals surface area contributed by atoms with Gasteiger partial charge < -0.3 is 9.88 Å². The van der Waals surface area contributed by atoms with Crippen LogP contribution in [0.3, 0.4) is 0 Å². The summed E-state index contributed by atoms with van der Waals surface area (Å²) < 4.78 is 2.28. The van der Waals surface area contributed by atoms with Gasteiger partial charge in [0.1, 0.15) is 0 Å². The highest BCUT2D eigenvalue weighted by atomic mass is 15.2. The lowest BCUT2D eigenvalue weighted by Gasteiger charge is -2.24. The van der Waals surface area contributed by atoms with Crippen LogP contribution in [-0.2, 0) is 13.1 Å². The Morgan fingerprint density at radius 3 is 3.06 bits per heavy atom. The fourth-order valence-corrected chi connectivity index (χ4v) is 2.68. The second-order valence-electron chi connectivity index (χ2n) is 5.20. The Kier molecular flexibility index (Phi) is 5.20. The second kappa shape index (κ2) is 6.90. The zero-order valence-electron chi connectivity index (χ0n) is 11.7. The Balaban J connectivity index is 1.89. The van der Waals surface area contributed by atoms with Crippen LogP contribution in [0.25, 0.3) is 0 Å². The minimum absolute atomic E-state index is 0.687. The van der Waals surface area contributed by atoms with E-state index in [2.05, 4.69) is 33.6 Å². The lowest BCUT2D eigenvalue weighted by atomic mass is 10.2. The Labute approximate surface area is 110 Å². The number of aromatic nitrogens is 2. The van der Waals surface area contributed by atoms with Gasteiger partial charge in [-0.25, -0.2) is 4.98 Å². The predicted octanol–water partition coefficient (Wildman–Crippen LogP) is 1.87. The molecule has 2 heterocycles. The first-order valence-corrected chi connectivity index (χ1v) is 7.28. The van der Waals surface area contributed by atoms with Crippen LogP contribution in [0.15, 0.2) is 12.5 Å². The van der Waals surface area contributed by atoms with Crippen LogP contribution >= 0.6 is 0 Å². The summed E-state index contributed by atoms with van der Waals surface area (Å²) in [6, 6.07) is 0.687. The molecule has 1 saturated heterocycles. The van der Waals surface area contributed by atoms with E-state index in [9.17, 15) is 0 Å². The molecule has 0 bridgehead atoms. The molecule has 4 nitrogen and oxygen atoms in total. The third-order valence-corrected chi connectivity index (χ3v) is 3.74. The van der Waals surface area contributed by atoms with Crippen LogP contribution in [0.1, 0.15) is 38.8 Å². The average molecular weight is 250 g/mol. The van der Waals surface area contributed by atoms with Crippen molar-refractivity contribution in [2.45, 2.75) is 52.2 Å². The van der Waals surface area contributed by atoms with Crippen molar-refractivity contribution in [2.75, 3.05) is 19.6 Å². The van der Waals surface area contributed by atoms with Crippen LogP contribution in [0.4, 0.5) is 0 Å². The standard InChI is InChI=1S/C14H26N4/c1-3-8-18-12-15-9-14(18)11-17(4-2)10-13-6-5-7-16-13/h9,12-13,16H,3-8,10-11H2,1-2H3. The fraction of sp³-hybridized carbons (Fsp3) is 0.786. The quantitative estimate of drug-likeness (QED) is 0.802. The smallest absolute Gasteiger partial charge is 0.0948 e. The Hall–Kier alpha value is -0.870. The van der Waals surface area contributed by atoms with Gasteiger partial charge in [0.05, 0.1) is 12.0 Å². The Morgan fingerprint density at radius 1 is 1.50 bits per heavy atom. The molecule has 0 aromatic carbocycles. The van der Waals surface area contributed by atoms with E-state index >= 15 is 0 Å². The van der Waals surface area contributed by atoms with Crippen LogP contribution < -0.4 is 5.32 Å². The summed E-state index contributed by atoms with van der Waals surface area (Å²) in [5.41, 5.74) is 1.34. The van der Waals surface area contributed by atoms with Crippen LogP contribution in [0.5, 0.6) is 0 Å². The van der Waals surface area contributed by atoms with E-state index < -0.39 is 0 Å². The number of imidazole rings is 1. The number of hydrogen-bond acceptors (Lipinski definition) is 3. The molecule has 1 fully saturated rings. The first-order valence-electron chi connectivity index (χ1n) is 7.28. The zero-order valence-corrected chi connectivity index (χ0v) is 11.7. The number of likely N-dealkylation sites (N-methyl/N-ethyl adjacent to an activating group) is 1. The van der Waals surface area contributed by atoms with Crippen LogP contribution in [-0.4, -0.2) is 40.1 Å². The summed E-state index contributed by atoms with van der Waals surface area (Å²) in [6.07, 6.45) is 7.79. The van der Waals surface area contributed by atoms with Crippen molar-refractivity contribution in [1.29, 1.82) is 0 Å². The van der Waals surface area contributed by atoms with Gasteiger partial charge in [-0.2, -0.15) is 0 Å². The van der Waals surface area contributed by atoms with Crippen molar-refractivity contribution in [3.8, 4) is 0 Å². The molecule has 1 unspecified atom stereocenters. The molecular formula is C14H26N4. The molecule has 1 N–H and O–H groups in total. The first kappa shape index (κ1) is 13.6. The van der Waals surface area contributed by atoms with Crippen molar-refractivity contribution in [3.05, 3.63) is 18.2 Å². The summed E-state index contributed by atoms with van der Waals surface area (Å²) in [5.74, 6) is 0. The Bertz CT molecular complexity index is 341. The summed E-state index contributed by atoms with van der Waals surface area (Å²) >= 11 is 0. The molecule has 0 amide bonds. The molecule has 0 radical (unpaired) electrons. The highest BCUT2D eigenvalue weighted by molar-refractivity contribution is 4.98. The van der Waals surface area contributed by atoms with Gasteiger partial charge in [-0.1, -0.05) is 13.8 Å². The fourth-order valence-electron chi connectivity index (χ4n) is 2.68. The van der Waals surface area contributed by atoms with Gasteiger partial charge in [-0.3, -0.25) is 4.90 Å². The molecule has 1 aliphatic rings. The van der Waals surface area contributed by atoms with Crippen molar-refractivity contribution in [1.82, 2.24) is 19.8 Å². The molecular weight excluding hydrogens is 224 g/mol. The van der Waals surface area contributed by atoms with Crippen LogP contribution in [0, 0.1) is 0 Å². The van der Waals surface area contributed by atoms with E-state index in [-0.39, 0.29) is 0 Å². The van der Waals surface area contributed by atoms with Gasteiger partial charge >= 0.3 is 0 Å². The highest BCUT2D eigenvalue weighted by Crippen LogP contribution is 2.10. The Morgan fingerprint density at radius 2 is 2.39 bits per heavy atom. The number of nitrogens with zero attached hydrogens (tertiary/aromatic N) is 3. The SMILES string of the molecule is CCCn1cncc1CN(CC)CC1CCCN1. The monoisotopic (exact) mass is 250 g/mol. The molecule has 1 atom stereocenters. The molecule has 2 rings (SSSR count). The molecule has 4 heteroatoms. The number of hydrogen-bond donors (Lipinski definition) is 1. The van der Waals surface area contributed by atoms with E-state index in [4.69, 9.17) is 0 Å². The maximum absolute atomic E-state index is 4.28. The van der Waals surface area contributed by atoms with E-state index in [0.29, 0.717) is 6.04 Å². The lowest BCUT2D eigenvalue weighted by Crippen LogP contribution is -2.37. The van der Waals surface area contributed by atoms with E-state index in [1.165, 1.54) is 31.5 Å². The molecule has 18 heavy (non-hydrogen) atoms. The van der Waals surface area contributed by atoms with Gasteiger partial charge in [-0.05, 0) is 32.4 Å². The van der Waals surface area contributed by atoms with Crippen molar-refractivity contribution >= 4 is 0 Å². The van der Waals surface area contributed by atoms with Gasteiger partial charge in [0, 0.05) is 31.9 Å². The molecule has 1 aromatic heterocycles. The van der Waals surface area contributed by atoms with Gasteiger partial charge in [0.25, 0.3) is 0 Å². The van der Waals surface area contributed by atoms with Crippen LogP contribution in [0.2, 0.25) is 0 Å². The topological polar surface area (TPSA) is 33.1 Å². The molecule has 0 spiro atoms. The summed E-state index contributed by atoms with van der Waals surface area (Å²) in [7, 11) is 0. The maximum Gasteiger partial charge on any atom is 0.0948 e. The number of nitrogens with one attached hydrogen (secondary N) is 1. The molecule has 1 aliphatic heterocycles. The third-order valence-electron chi connectivity index (χ3n) is 3.74. The molecule has 0 saturated carbocycles. The first-order chi connectivity index (χ1) is 8.83. The van der Waals surface area contributed by atoms with Crippen molar-refractivity contribution in [2.24, 2.45) is 0 Å². The zero-order chi connectivity index (χ0) is 12.8. The highest BCUT2D eigenvalue weighted by Gasteiger charge is 2.17. The number of rotatable bonds is 7. The largest absolute Gasteiger partial charge is 0.333 e. The van der Waals surface area contributed by atoms with E-state index in [1.54, 1.807) is 0 Å². The van der Waals surface area contributed by atoms with Gasteiger partial charge in [0.15, 0.2) is 0 Å². The van der Waals surface area contributed by atoms with E-state index in [0.717, 1.165) is 26.2 Å². The molecule has 0 aliphatic carbocycles. The van der Waals surface area contributed by atoms with Gasteiger partial charge in [0.2, 0.25) is 0 Å². The van der Waals surface area contributed by atoms with E-state index in [1.807, 2.05) is 12.5 Å². The minimum atomic E-state index is 0.687. The van der Waals surface area contributed by atoms with Gasteiger partial charge in [-0.15, -0.1) is 0 Å². The average Bonchev–Trinajstić information content (AvgIpc) is 3.01. The maximum atomic E-state index is 4.28. The minimum Gasteiger partial charge on any atom is -0.333 e. The van der Waals surface area contributed by atoms with Crippen molar-refractivity contribution in [3.63, 3.8) is 0 Å². The third kappa shape index (κ3) is 3.56.